The zero-order chi connectivity index (χ0) is 17.1. The first-order valence-corrected chi connectivity index (χ1v) is 7.86. The number of nitrogens with zero attached hydrogens (tertiary/aromatic N) is 1. The van der Waals surface area contributed by atoms with Gasteiger partial charge in [0.25, 0.3) is 0 Å². The van der Waals surface area contributed by atoms with Gasteiger partial charge in [-0.2, -0.15) is 0 Å². The van der Waals surface area contributed by atoms with Crippen molar-refractivity contribution >= 4 is 33.8 Å². The smallest absolute Gasteiger partial charge is 0.206 e. The number of rotatable bonds is 5. The van der Waals surface area contributed by atoms with Gasteiger partial charge >= 0.3 is 0 Å². The van der Waals surface area contributed by atoms with Crippen LogP contribution in [0.4, 0.5) is 21.0 Å². The van der Waals surface area contributed by atoms with Gasteiger partial charge in [-0.3, -0.25) is 4.79 Å². The van der Waals surface area contributed by atoms with E-state index in [-0.39, 0.29) is 17.4 Å². The molecule has 3 aromatic rings. The van der Waals surface area contributed by atoms with E-state index in [0.717, 1.165) is 11.3 Å². The van der Waals surface area contributed by atoms with Crippen LogP contribution >= 0.6 is 11.3 Å². The van der Waals surface area contributed by atoms with Crippen LogP contribution in [0.1, 0.15) is 15.2 Å². The van der Waals surface area contributed by atoms with Gasteiger partial charge < -0.3 is 15.8 Å². The summed E-state index contributed by atoms with van der Waals surface area (Å²) < 4.78 is 18.3. The predicted molar refractivity (Wildman–Crippen MR) is 92.6 cm³/mol. The second kappa shape index (κ2) is 6.67. The number of ether oxygens (including phenoxy) is 1. The van der Waals surface area contributed by atoms with Crippen molar-refractivity contribution in [1.29, 1.82) is 0 Å². The molecule has 0 aliphatic rings. The van der Waals surface area contributed by atoms with Gasteiger partial charge in [-0.1, -0.05) is 17.4 Å². The first-order chi connectivity index (χ1) is 11.6. The van der Waals surface area contributed by atoms with Gasteiger partial charge in [0.05, 0.1) is 7.11 Å². The zero-order valence-corrected chi connectivity index (χ0v) is 13.6. The van der Waals surface area contributed by atoms with E-state index in [9.17, 15) is 9.18 Å². The van der Waals surface area contributed by atoms with Crippen molar-refractivity contribution in [2.75, 3.05) is 18.2 Å². The number of benzene rings is 2. The molecule has 122 valence electrons. The number of nitrogens with two attached hydrogens (primary N) is 1. The minimum absolute atomic E-state index is 0.139. The van der Waals surface area contributed by atoms with Crippen molar-refractivity contribution in [3.63, 3.8) is 0 Å². The Morgan fingerprint density at radius 1 is 1.25 bits per heavy atom. The molecular weight excluding hydrogens is 329 g/mol. The van der Waals surface area contributed by atoms with Crippen LogP contribution in [-0.2, 0) is 0 Å². The Kier molecular flexibility index (Phi) is 4.43. The van der Waals surface area contributed by atoms with E-state index in [2.05, 4.69) is 10.3 Å². The standard InChI is InChI=1S/C17H14FN3O2S/c1-23-13-7-5-10(6-8-13)14(22)15-16(19)21-17(24-15)20-12-4-2-3-11(18)9-12/h2-9H,19H2,1H3,(H,20,21). The van der Waals surface area contributed by atoms with E-state index in [4.69, 9.17) is 10.5 Å². The Morgan fingerprint density at radius 3 is 2.67 bits per heavy atom. The molecule has 7 heteroatoms. The van der Waals surface area contributed by atoms with Crippen LogP contribution in [0.15, 0.2) is 48.5 Å². The van der Waals surface area contributed by atoms with Gasteiger partial charge in [-0.05, 0) is 42.5 Å². The molecular formula is C17H14FN3O2S. The molecule has 0 unspecified atom stereocenters. The lowest BCUT2D eigenvalue weighted by Gasteiger charge is -2.02. The summed E-state index contributed by atoms with van der Waals surface area (Å²) in [6.07, 6.45) is 0. The minimum atomic E-state index is -0.362. The molecule has 3 N–H and O–H groups in total. The maximum Gasteiger partial charge on any atom is 0.206 e. The number of hydrogen-bond donors (Lipinski definition) is 2. The topological polar surface area (TPSA) is 77.2 Å². The first kappa shape index (κ1) is 15.9. The molecule has 0 fully saturated rings. The molecule has 5 nitrogen and oxygen atoms in total. The minimum Gasteiger partial charge on any atom is -0.497 e. The summed E-state index contributed by atoms with van der Waals surface area (Å²) in [5.41, 5.74) is 6.88. The molecule has 0 spiro atoms. The van der Waals surface area contributed by atoms with E-state index in [1.54, 1.807) is 43.5 Å². The summed E-state index contributed by atoms with van der Waals surface area (Å²) in [5, 5.41) is 3.37. The van der Waals surface area contributed by atoms with Crippen LogP contribution in [0.3, 0.4) is 0 Å². The third-order valence-electron chi connectivity index (χ3n) is 3.29. The van der Waals surface area contributed by atoms with Crippen LogP contribution in [0.2, 0.25) is 0 Å². The summed E-state index contributed by atoms with van der Waals surface area (Å²) in [5.74, 6) is 0.219. The fourth-order valence-electron chi connectivity index (χ4n) is 2.11. The number of carbonyl (C=O) groups is 1. The molecule has 0 radical (unpaired) electrons. The number of hydrogen-bond acceptors (Lipinski definition) is 6. The molecule has 3 rings (SSSR count). The highest BCUT2D eigenvalue weighted by Gasteiger charge is 2.18. The molecule has 0 aliphatic carbocycles. The maximum atomic E-state index is 13.2. The molecule has 2 aromatic carbocycles. The van der Waals surface area contributed by atoms with Crippen molar-refractivity contribution in [2.45, 2.75) is 0 Å². The molecule has 24 heavy (non-hydrogen) atoms. The highest BCUT2D eigenvalue weighted by molar-refractivity contribution is 7.18. The zero-order valence-electron chi connectivity index (χ0n) is 12.7. The normalized spacial score (nSPS) is 10.4. The third kappa shape index (κ3) is 3.36. The van der Waals surface area contributed by atoms with Gasteiger partial charge in [-0.15, -0.1) is 0 Å². The van der Waals surface area contributed by atoms with Crippen molar-refractivity contribution in [2.24, 2.45) is 0 Å². The van der Waals surface area contributed by atoms with Crippen molar-refractivity contribution in [1.82, 2.24) is 4.98 Å². The van der Waals surface area contributed by atoms with Crippen LogP contribution in [0, 0.1) is 5.82 Å². The Bertz CT molecular complexity index is 878. The Hall–Kier alpha value is -2.93. The highest BCUT2D eigenvalue weighted by Crippen LogP contribution is 2.30. The largest absolute Gasteiger partial charge is 0.497 e. The molecule has 0 saturated carbocycles. The average Bonchev–Trinajstić information content (AvgIpc) is 2.94. The number of anilines is 3. The van der Waals surface area contributed by atoms with Crippen LogP contribution in [0.25, 0.3) is 0 Å². The third-order valence-corrected chi connectivity index (χ3v) is 4.27. The van der Waals surface area contributed by atoms with E-state index < -0.39 is 0 Å². The van der Waals surface area contributed by atoms with E-state index in [0.29, 0.717) is 27.0 Å². The van der Waals surface area contributed by atoms with Crippen molar-refractivity contribution in [3.05, 3.63) is 64.8 Å². The molecule has 0 amide bonds. The molecule has 0 saturated heterocycles. The number of ketones is 1. The number of methoxy groups -OCH3 is 1. The van der Waals surface area contributed by atoms with Crippen molar-refractivity contribution < 1.29 is 13.9 Å². The molecule has 0 atom stereocenters. The number of nitrogens with one attached hydrogen (secondary N) is 1. The van der Waals surface area contributed by atoms with Gasteiger partial charge in [0.2, 0.25) is 5.78 Å². The van der Waals surface area contributed by atoms with Crippen molar-refractivity contribution in [3.8, 4) is 5.75 Å². The average molecular weight is 343 g/mol. The number of nitrogen functional groups attached to an aromatic ring is 1. The van der Waals surface area contributed by atoms with E-state index >= 15 is 0 Å². The second-order valence-corrected chi connectivity index (χ2v) is 5.93. The predicted octanol–water partition coefficient (Wildman–Crippen LogP) is 3.85. The monoisotopic (exact) mass is 343 g/mol. The van der Waals surface area contributed by atoms with E-state index in [1.165, 1.54) is 12.1 Å². The van der Waals surface area contributed by atoms with Crippen LogP contribution < -0.4 is 15.8 Å². The Balaban J connectivity index is 1.83. The molecule has 0 aliphatic heterocycles. The lowest BCUT2D eigenvalue weighted by Crippen LogP contribution is -2.02. The molecule has 1 aromatic heterocycles. The van der Waals surface area contributed by atoms with Gasteiger partial charge in [0.15, 0.2) is 5.13 Å². The summed E-state index contributed by atoms with van der Waals surface area (Å²) in [7, 11) is 1.56. The summed E-state index contributed by atoms with van der Waals surface area (Å²) in [6, 6.07) is 12.7. The Labute approximate surface area is 141 Å². The maximum absolute atomic E-state index is 13.2. The fourth-order valence-corrected chi connectivity index (χ4v) is 2.98. The summed E-state index contributed by atoms with van der Waals surface area (Å²) >= 11 is 1.12. The number of carbonyl (C=O) groups excluding carboxylic acids is 1. The number of halogens is 1. The fraction of sp³-hybridized carbons (Fsp3) is 0.0588. The SMILES string of the molecule is COc1ccc(C(=O)c2sc(Nc3cccc(F)c3)nc2N)cc1. The quantitative estimate of drug-likeness (QED) is 0.688. The lowest BCUT2D eigenvalue weighted by molar-refractivity contribution is 0.104. The van der Waals surface area contributed by atoms with E-state index in [1.807, 2.05) is 0 Å². The van der Waals surface area contributed by atoms with Gasteiger partial charge in [-0.25, -0.2) is 9.37 Å². The number of aromatic nitrogens is 1. The molecule has 0 bridgehead atoms. The number of thiazole rings is 1. The first-order valence-electron chi connectivity index (χ1n) is 7.04. The summed E-state index contributed by atoms with van der Waals surface area (Å²) in [6.45, 7) is 0. The molecule has 1 heterocycles. The van der Waals surface area contributed by atoms with Gasteiger partial charge in [0, 0.05) is 11.3 Å². The summed E-state index contributed by atoms with van der Waals surface area (Å²) in [4.78, 5) is 17.0. The van der Waals surface area contributed by atoms with Crippen LogP contribution in [0.5, 0.6) is 5.75 Å². The Morgan fingerprint density at radius 2 is 2.00 bits per heavy atom. The highest BCUT2D eigenvalue weighted by atomic mass is 32.1. The van der Waals surface area contributed by atoms with Gasteiger partial charge in [0.1, 0.15) is 22.3 Å². The van der Waals surface area contributed by atoms with Crippen LogP contribution in [-0.4, -0.2) is 17.9 Å². The second-order valence-electron chi connectivity index (χ2n) is 4.93. The lowest BCUT2D eigenvalue weighted by atomic mass is 10.1.